The summed E-state index contributed by atoms with van der Waals surface area (Å²) < 4.78 is 0. The molecule has 0 heterocycles. The fourth-order valence-electron chi connectivity index (χ4n) is 1.06. The Morgan fingerprint density at radius 1 is 0.900 bits per heavy atom. The Morgan fingerprint density at radius 3 is 1.10 bits per heavy atom. The zero-order chi connectivity index (χ0) is 6.95. The Bertz CT molecular complexity index is 28.5. The van der Waals surface area contributed by atoms with Crippen molar-refractivity contribution in [3.63, 3.8) is 0 Å². The Balaban J connectivity index is 0. The van der Waals surface area contributed by atoms with Gasteiger partial charge in [0.2, 0.25) is 0 Å². The maximum Gasteiger partial charge on any atom is 1.00 e. The molecule has 1 heteroatoms. The monoisotopic (exact) mass is 134 g/mol. The minimum absolute atomic E-state index is 0. The molecule has 1 aliphatic rings. The van der Waals surface area contributed by atoms with E-state index in [1.54, 1.807) is 0 Å². The first kappa shape index (κ1) is 13.2. The molecule has 0 aliphatic heterocycles. The van der Waals surface area contributed by atoms with Gasteiger partial charge in [-0.1, -0.05) is 45.4 Å². The van der Waals surface area contributed by atoms with Gasteiger partial charge in [-0.2, -0.15) is 6.42 Å². The van der Waals surface area contributed by atoms with E-state index in [9.17, 15) is 0 Å². The smallest absolute Gasteiger partial charge is 0.344 e. The molecule has 0 aromatic heterocycles. The second-order valence-corrected chi connectivity index (χ2v) is 2.62. The topological polar surface area (TPSA) is 0 Å². The fourth-order valence-corrected chi connectivity index (χ4v) is 1.06. The van der Waals surface area contributed by atoms with Gasteiger partial charge >= 0.3 is 18.9 Å². The van der Waals surface area contributed by atoms with Crippen molar-refractivity contribution in [2.75, 3.05) is 0 Å². The Morgan fingerprint density at radius 2 is 1.00 bits per heavy atom. The minimum atomic E-state index is 0. The van der Waals surface area contributed by atoms with Crippen LogP contribution in [0.3, 0.4) is 0 Å². The summed E-state index contributed by atoms with van der Waals surface area (Å²) in [6.45, 7) is 5.50. The summed E-state index contributed by atoms with van der Waals surface area (Å²) in [5.74, 6) is 0. The van der Waals surface area contributed by atoms with Gasteiger partial charge in [-0.05, 0) is 0 Å². The van der Waals surface area contributed by atoms with Gasteiger partial charge in [-0.15, -0.1) is 0 Å². The van der Waals surface area contributed by atoms with Crippen molar-refractivity contribution in [3.8, 4) is 0 Å². The maximum absolute atomic E-state index is 3.49. The van der Waals surface area contributed by atoms with Crippen molar-refractivity contribution in [1.82, 2.24) is 0 Å². The molecule has 0 radical (unpaired) electrons. The minimum Gasteiger partial charge on any atom is -0.344 e. The molecule has 56 valence electrons. The van der Waals surface area contributed by atoms with Crippen molar-refractivity contribution in [3.05, 3.63) is 6.92 Å². The van der Waals surface area contributed by atoms with Gasteiger partial charge in [0.25, 0.3) is 0 Å². The summed E-state index contributed by atoms with van der Waals surface area (Å²) >= 11 is 0. The Kier molecular flexibility index (Phi) is 16.2. The SMILES string of the molecule is C1CCCCC1.[CH2-]CC.[Li+]. The molecule has 0 unspecified atom stereocenters. The molecule has 0 spiro atoms. The van der Waals surface area contributed by atoms with Crippen LogP contribution in [0.4, 0.5) is 0 Å². The van der Waals surface area contributed by atoms with Crippen LogP contribution in [0.15, 0.2) is 0 Å². The van der Waals surface area contributed by atoms with Gasteiger partial charge in [0.1, 0.15) is 0 Å². The van der Waals surface area contributed by atoms with E-state index in [0.717, 1.165) is 6.42 Å². The third kappa shape index (κ3) is 11.4. The molecule has 1 fully saturated rings. The summed E-state index contributed by atoms with van der Waals surface area (Å²) in [4.78, 5) is 0. The Hall–Kier alpha value is 0.597. The van der Waals surface area contributed by atoms with E-state index in [1.807, 2.05) is 6.92 Å². The van der Waals surface area contributed by atoms with E-state index in [1.165, 1.54) is 38.5 Å². The van der Waals surface area contributed by atoms with Crippen LogP contribution in [-0.2, 0) is 0 Å². The molecule has 10 heavy (non-hydrogen) atoms. The van der Waals surface area contributed by atoms with Crippen molar-refractivity contribution < 1.29 is 18.9 Å². The molecule has 0 saturated heterocycles. The van der Waals surface area contributed by atoms with Crippen LogP contribution in [0.2, 0.25) is 0 Å². The molecule has 0 nitrogen and oxygen atoms in total. The molecule has 1 saturated carbocycles. The maximum atomic E-state index is 3.49. The second kappa shape index (κ2) is 12.3. The van der Waals surface area contributed by atoms with E-state index in [2.05, 4.69) is 6.92 Å². The molecule has 0 aromatic carbocycles. The third-order valence-corrected chi connectivity index (χ3v) is 1.50. The van der Waals surface area contributed by atoms with Crippen molar-refractivity contribution in [1.29, 1.82) is 0 Å². The molecule has 1 rings (SSSR count). The van der Waals surface area contributed by atoms with Gasteiger partial charge in [0.15, 0.2) is 0 Å². The third-order valence-electron chi connectivity index (χ3n) is 1.50. The van der Waals surface area contributed by atoms with Gasteiger partial charge in [0, 0.05) is 0 Å². The van der Waals surface area contributed by atoms with Crippen molar-refractivity contribution >= 4 is 0 Å². The van der Waals surface area contributed by atoms with Crippen LogP contribution in [0, 0.1) is 6.92 Å². The predicted octanol–water partition coefficient (Wildman–Crippen LogP) is 0.575. The summed E-state index contributed by atoms with van der Waals surface area (Å²) in [7, 11) is 0. The van der Waals surface area contributed by atoms with Gasteiger partial charge in [0.05, 0.1) is 0 Å². The van der Waals surface area contributed by atoms with Crippen LogP contribution in [0.5, 0.6) is 0 Å². The van der Waals surface area contributed by atoms with Crippen LogP contribution < -0.4 is 18.9 Å². The van der Waals surface area contributed by atoms with E-state index in [4.69, 9.17) is 0 Å². The summed E-state index contributed by atoms with van der Waals surface area (Å²) in [6.07, 6.45) is 10.0. The first-order valence-corrected chi connectivity index (χ1v) is 4.21. The van der Waals surface area contributed by atoms with Gasteiger partial charge in [-0.25, -0.2) is 0 Å². The average molecular weight is 134 g/mol. The molecule has 1 aliphatic carbocycles. The molecular formula is C9H19Li. The van der Waals surface area contributed by atoms with Gasteiger partial charge in [-0.3, -0.25) is 0 Å². The molecule has 0 bridgehead atoms. The summed E-state index contributed by atoms with van der Waals surface area (Å²) in [5.41, 5.74) is 0. The molecule has 0 amide bonds. The van der Waals surface area contributed by atoms with Crippen LogP contribution in [0.1, 0.15) is 51.9 Å². The summed E-state index contributed by atoms with van der Waals surface area (Å²) in [5, 5.41) is 0. The Labute approximate surface area is 78.0 Å². The predicted molar refractivity (Wildman–Crippen MR) is 43.4 cm³/mol. The normalized spacial score (nSPS) is 16.2. The number of hydrogen-bond acceptors (Lipinski definition) is 0. The first-order chi connectivity index (χ1) is 4.41. The fraction of sp³-hybridized carbons (Fsp3) is 0.889. The van der Waals surface area contributed by atoms with Gasteiger partial charge < -0.3 is 6.92 Å². The molecular weight excluding hydrogens is 115 g/mol. The standard InChI is InChI=1S/C6H12.C3H7.Li/c1-2-4-6-5-3-1;1-3-2;/h1-6H2;1,3H2,2H3;/q;-1;+1. The summed E-state index contributed by atoms with van der Waals surface area (Å²) in [6, 6.07) is 0. The van der Waals surface area contributed by atoms with E-state index in [0.29, 0.717) is 0 Å². The number of hydrogen-bond donors (Lipinski definition) is 0. The van der Waals surface area contributed by atoms with E-state index >= 15 is 0 Å². The van der Waals surface area contributed by atoms with Crippen LogP contribution in [0.25, 0.3) is 0 Å². The van der Waals surface area contributed by atoms with Crippen LogP contribution in [-0.4, -0.2) is 0 Å². The quantitative estimate of drug-likeness (QED) is 0.336. The average Bonchev–Trinajstić information content (AvgIpc) is 1.93. The number of rotatable bonds is 0. The molecule has 0 aromatic rings. The molecule has 0 N–H and O–H groups in total. The zero-order valence-corrected chi connectivity index (χ0v) is 7.66. The van der Waals surface area contributed by atoms with E-state index in [-0.39, 0.29) is 18.9 Å². The largest absolute Gasteiger partial charge is 1.00 e. The zero-order valence-electron chi connectivity index (χ0n) is 7.66. The first-order valence-electron chi connectivity index (χ1n) is 4.21. The molecule has 0 atom stereocenters. The van der Waals surface area contributed by atoms with Crippen LogP contribution >= 0.6 is 0 Å². The van der Waals surface area contributed by atoms with E-state index < -0.39 is 0 Å². The second-order valence-electron chi connectivity index (χ2n) is 2.62. The van der Waals surface area contributed by atoms with Crippen molar-refractivity contribution in [2.24, 2.45) is 0 Å². The van der Waals surface area contributed by atoms with Crippen molar-refractivity contribution in [2.45, 2.75) is 51.9 Å².